The molecule has 8 heteroatoms. The molecule has 3 aromatic rings. The lowest BCUT2D eigenvalue weighted by Gasteiger charge is -2.37. The van der Waals surface area contributed by atoms with Gasteiger partial charge in [-0.05, 0) is 42.3 Å². The van der Waals surface area contributed by atoms with Crippen molar-refractivity contribution < 1.29 is 19.1 Å². The highest BCUT2D eigenvalue weighted by Crippen LogP contribution is 2.43. The van der Waals surface area contributed by atoms with Gasteiger partial charge < -0.3 is 15.0 Å². The molecule has 1 saturated heterocycles. The van der Waals surface area contributed by atoms with Gasteiger partial charge in [0.1, 0.15) is 17.8 Å². The van der Waals surface area contributed by atoms with E-state index in [2.05, 4.69) is 5.32 Å². The molecule has 2 atom stereocenters. The molecule has 3 aromatic carbocycles. The van der Waals surface area contributed by atoms with Crippen LogP contribution in [0, 0.1) is 0 Å². The van der Waals surface area contributed by atoms with Crippen LogP contribution < -0.4 is 15.0 Å². The molecule has 2 aliphatic heterocycles. The van der Waals surface area contributed by atoms with Crippen molar-refractivity contribution in [3.8, 4) is 5.75 Å². The molecule has 4 amide bonds. The fourth-order valence-electron chi connectivity index (χ4n) is 4.60. The molecule has 0 spiro atoms. The molecule has 7 nitrogen and oxygen atoms in total. The monoisotopic (exact) mass is 487 g/mol. The molecule has 1 fully saturated rings. The number of nitrogens with zero attached hydrogens (tertiary/aromatic N) is 2. The van der Waals surface area contributed by atoms with Crippen molar-refractivity contribution in [3.63, 3.8) is 0 Å². The fraction of sp³-hybridized carbons (Fsp3) is 0.222. The first-order chi connectivity index (χ1) is 16.9. The quantitative estimate of drug-likeness (QED) is 0.542. The predicted octanol–water partition coefficient (Wildman–Crippen LogP) is 4.34. The van der Waals surface area contributed by atoms with Gasteiger partial charge in [0.05, 0.1) is 18.8 Å². The number of imide groups is 1. The molecule has 1 N–H and O–H groups in total. The Balaban J connectivity index is 1.45. The van der Waals surface area contributed by atoms with Crippen molar-refractivity contribution in [2.24, 2.45) is 0 Å². The van der Waals surface area contributed by atoms with Crippen LogP contribution in [0.5, 0.6) is 5.75 Å². The van der Waals surface area contributed by atoms with Crippen LogP contribution in [-0.2, 0) is 15.1 Å². The Labute approximate surface area is 208 Å². The maximum Gasteiger partial charge on any atom is 0.325 e. The second-order valence-corrected chi connectivity index (χ2v) is 9.71. The smallest absolute Gasteiger partial charge is 0.325 e. The number of fused-ring (bicyclic) bond motifs is 1. The Morgan fingerprint density at radius 3 is 2.57 bits per heavy atom. The van der Waals surface area contributed by atoms with E-state index in [1.165, 1.54) is 0 Å². The van der Waals surface area contributed by atoms with Gasteiger partial charge in [-0.25, -0.2) is 4.79 Å². The lowest BCUT2D eigenvalue weighted by Crippen LogP contribution is -2.47. The Hall–Kier alpha value is -3.78. The van der Waals surface area contributed by atoms with E-state index in [-0.39, 0.29) is 18.5 Å². The zero-order valence-electron chi connectivity index (χ0n) is 19.4. The Kier molecular flexibility index (Phi) is 5.98. The molecular formula is C27H25N3O4S. The van der Waals surface area contributed by atoms with Crippen molar-refractivity contribution in [3.05, 3.63) is 90.0 Å². The summed E-state index contributed by atoms with van der Waals surface area (Å²) < 4.78 is 5.28. The molecule has 2 heterocycles. The van der Waals surface area contributed by atoms with E-state index in [1.54, 1.807) is 55.0 Å². The van der Waals surface area contributed by atoms with Crippen molar-refractivity contribution in [1.29, 1.82) is 0 Å². The molecule has 35 heavy (non-hydrogen) atoms. The summed E-state index contributed by atoms with van der Waals surface area (Å²) in [6, 6.07) is 23.7. The fourth-order valence-corrected chi connectivity index (χ4v) is 5.77. The number of ether oxygens (including phenoxy) is 1. The number of benzene rings is 3. The summed E-state index contributed by atoms with van der Waals surface area (Å²) in [6.45, 7) is 1.29. The van der Waals surface area contributed by atoms with E-state index in [1.807, 2.05) is 54.6 Å². The molecule has 0 bridgehead atoms. The average Bonchev–Trinajstić information content (AvgIpc) is 3.12. The number of nitrogens with one attached hydrogen (secondary N) is 1. The van der Waals surface area contributed by atoms with Crippen LogP contribution in [0.25, 0.3) is 0 Å². The minimum atomic E-state index is -1.29. The van der Waals surface area contributed by atoms with Gasteiger partial charge in [-0.1, -0.05) is 54.6 Å². The average molecular weight is 488 g/mol. The molecule has 178 valence electrons. The number of carbonyl (C=O) groups excluding carboxylic acids is 3. The molecular weight excluding hydrogens is 462 g/mol. The van der Waals surface area contributed by atoms with Crippen LogP contribution in [0.3, 0.4) is 0 Å². The number of rotatable bonds is 5. The van der Waals surface area contributed by atoms with E-state index in [0.717, 1.165) is 21.0 Å². The van der Waals surface area contributed by atoms with Gasteiger partial charge in [0.2, 0.25) is 5.91 Å². The maximum atomic E-state index is 13.8. The Morgan fingerprint density at radius 2 is 1.80 bits per heavy atom. The summed E-state index contributed by atoms with van der Waals surface area (Å²) in [5, 5.41) is 2.78. The van der Waals surface area contributed by atoms with Crippen LogP contribution >= 0.6 is 11.8 Å². The standard InChI is InChI=1S/C27H25N3O4S/c1-27(19-11-8-12-20(15-19)34-2)25(32)29(26(33)28-27)16-24(31)30-21-13-6-7-14-23(21)35-17-22(30)18-9-4-3-5-10-18/h3-15,22H,16-17H2,1-2H3,(H,28,33)/t22-,27-/m1/s1. The number of para-hydroxylation sites is 1. The highest BCUT2D eigenvalue weighted by atomic mass is 32.2. The number of hydrogen-bond donors (Lipinski definition) is 1. The number of methoxy groups -OCH3 is 1. The second kappa shape index (κ2) is 9.11. The summed E-state index contributed by atoms with van der Waals surface area (Å²) in [5.74, 6) is 0.465. The number of hydrogen-bond acceptors (Lipinski definition) is 5. The van der Waals surface area contributed by atoms with Gasteiger partial charge in [0, 0.05) is 10.6 Å². The van der Waals surface area contributed by atoms with Gasteiger partial charge in [0.15, 0.2) is 0 Å². The molecule has 5 rings (SSSR count). The van der Waals surface area contributed by atoms with Crippen LogP contribution in [0.1, 0.15) is 24.1 Å². The van der Waals surface area contributed by atoms with Crippen LogP contribution in [0.2, 0.25) is 0 Å². The van der Waals surface area contributed by atoms with Crippen LogP contribution in [0.4, 0.5) is 10.5 Å². The topological polar surface area (TPSA) is 79.0 Å². The number of anilines is 1. The molecule has 0 saturated carbocycles. The van der Waals surface area contributed by atoms with E-state index in [0.29, 0.717) is 17.1 Å². The molecule has 0 unspecified atom stereocenters. The number of amides is 4. The van der Waals surface area contributed by atoms with Gasteiger partial charge in [0.25, 0.3) is 5.91 Å². The number of carbonyl (C=O) groups is 3. The third-order valence-electron chi connectivity index (χ3n) is 6.50. The van der Waals surface area contributed by atoms with Crippen molar-refractivity contribution in [2.75, 3.05) is 24.3 Å². The summed E-state index contributed by atoms with van der Waals surface area (Å²) in [5.41, 5.74) is 1.08. The zero-order chi connectivity index (χ0) is 24.6. The first kappa shape index (κ1) is 23.0. The highest BCUT2D eigenvalue weighted by molar-refractivity contribution is 7.99. The summed E-state index contributed by atoms with van der Waals surface area (Å²) in [7, 11) is 1.54. The van der Waals surface area contributed by atoms with E-state index in [4.69, 9.17) is 4.74 Å². The maximum absolute atomic E-state index is 13.8. The van der Waals surface area contributed by atoms with Crippen LogP contribution in [-0.4, -0.2) is 42.2 Å². The SMILES string of the molecule is COc1cccc([C@@]2(C)NC(=O)N(CC(=O)N3c4ccccc4SC[C@@H]3c3ccccc3)C2=O)c1. The van der Waals surface area contributed by atoms with Gasteiger partial charge in [-0.3, -0.25) is 14.5 Å². The van der Waals surface area contributed by atoms with Crippen molar-refractivity contribution in [1.82, 2.24) is 10.2 Å². The first-order valence-electron chi connectivity index (χ1n) is 11.3. The normalized spacial score (nSPS) is 21.5. The third-order valence-corrected chi connectivity index (χ3v) is 7.64. The number of thioether (sulfide) groups is 1. The zero-order valence-corrected chi connectivity index (χ0v) is 20.2. The van der Waals surface area contributed by atoms with Gasteiger partial charge >= 0.3 is 6.03 Å². The lowest BCUT2D eigenvalue weighted by atomic mass is 9.92. The minimum absolute atomic E-state index is 0.214. The number of urea groups is 1. The van der Waals surface area contributed by atoms with Crippen molar-refractivity contribution >= 4 is 35.3 Å². The minimum Gasteiger partial charge on any atom is -0.497 e. The van der Waals surface area contributed by atoms with Gasteiger partial charge in [-0.2, -0.15) is 0 Å². The molecule has 0 radical (unpaired) electrons. The molecule has 2 aliphatic rings. The first-order valence-corrected chi connectivity index (χ1v) is 12.3. The van der Waals surface area contributed by atoms with E-state index < -0.39 is 17.5 Å². The summed E-state index contributed by atoms with van der Waals surface area (Å²) in [6.07, 6.45) is 0. The summed E-state index contributed by atoms with van der Waals surface area (Å²) in [4.78, 5) is 43.9. The lowest BCUT2D eigenvalue weighted by molar-refractivity contribution is -0.134. The molecule has 0 aliphatic carbocycles. The molecule has 0 aromatic heterocycles. The summed E-state index contributed by atoms with van der Waals surface area (Å²) >= 11 is 1.69. The Bertz CT molecular complexity index is 1300. The Morgan fingerprint density at radius 1 is 1.06 bits per heavy atom. The van der Waals surface area contributed by atoms with Crippen LogP contribution in [0.15, 0.2) is 83.8 Å². The van der Waals surface area contributed by atoms with Gasteiger partial charge in [-0.15, -0.1) is 11.8 Å². The largest absolute Gasteiger partial charge is 0.497 e. The highest BCUT2D eigenvalue weighted by Gasteiger charge is 2.50. The van der Waals surface area contributed by atoms with E-state index in [9.17, 15) is 14.4 Å². The van der Waals surface area contributed by atoms with Crippen molar-refractivity contribution in [2.45, 2.75) is 23.4 Å². The van der Waals surface area contributed by atoms with E-state index >= 15 is 0 Å². The predicted molar refractivity (Wildman–Crippen MR) is 134 cm³/mol. The second-order valence-electron chi connectivity index (χ2n) is 8.65. The third kappa shape index (κ3) is 4.04.